The molecule has 0 saturated heterocycles. The van der Waals surface area contributed by atoms with E-state index in [4.69, 9.17) is 0 Å². The first-order valence-electron chi connectivity index (χ1n) is 9.81. The van der Waals surface area contributed by atoms with E-state index in [9.17, 15) is 22.8 Å². The number of aromatic nitrogens is 3. The van der Waals surface area contributed by atoms with Crippen molar-refractivity contribution in [3.63, 3.8) is 0 Å². The molecule has 7 nitrogen and oxygen atoms in total. The number of nitrogens with zero attached hydrogens (tertiary/aromatic N) is 4. The summed E-state index contributed by atoms with van der Waals surface area (Å²) in [6.07, 6.45) is -1.32. The van der Waals surface area contributed by atoms with E-state index in [1.54, 1.807) is 23.5 Å². The highest BCUT2D eigenvalue weighted by Crippen LogP contribution is 2.20. The van der Waals surface area contributed by atoms with Crippen LogP contribution in [-0.2, 0) is 16.0 Å². The normalized spacial score (nSPS) is 13.5. The van der Waals surface area contributed by atoms with Crippen molar-refractivity contribution in [2.24, 2.45) is 0 Å². The van der Waals surface area contributed by atoms with E-state index < -0.39 is 24.4 Å². The second kappa shape index (κ2) is 8.19. The van der Waals surface area contributed by atoms with Crippen molar-refractivity contribution in [3.05, 3.63) is 69.1 Å². The Morgan fingerprint density at radius 1 is 1.22 bits per heavy atom. The van der Waals surface area contributed by atoms with Gasteiger partial charge < -0.3 is 4.90 Å². The average Bonchev–Trinajstić information content (AvgIpc) is 3.11. The van der Waals surface area contributed by atoms with Gasteiger partial charge in [0.15, 0.2) is 0 Å². The summed E-state index contributed by atoms with van der Waals surface area (Å²) in [5.74, 6) is 0.0876. The number of hydrogen-bond donors (Lipinski definition) is 0. The molecule has 32 heavy (non-hydrogen) atoms. The van der Waals surface area contributed by atoms with Gasteiger partial charge in [-0.2, -0.15) is 0 Å². The highest BCUT2D eigenvalue weighted by Gasteiger charge is 2.29. The number of ether oxygens (including phenoxy) is 1. The van der Waals surface area contributed by atoms with Gasteiger partial charge in [0.25, 0.3) is 11.5 Å². The van der Waals surface area contributed by atoms with Crippen molar-refractivity contribution < 1.29 is 22.7 Å². The number of aryl methyl sites for hydroxylation is 1. The lowest BCUT2D eigenvalue weighted by Gasteiger charge is -2.19. The van der Waals surface area contributed by atoms with Crippen molar-refractivity contribution in [3.8, 4) is 11.4 Å². The van der Waals surface area contributed by atoms with E-state index in [0.29, 0.717) is 33.7 Å². The third-order valence-electron chi connectivity index (χ3n) is 5.15. The van der Waals surface area contributed by atoms with E-state index >= 15 is 0 Å². The van der Waals surface area contributed by atoms with Crippen LogP contribution in [0, 0.1) is 6.92 Å². The van der Waals surface area contributed by atoms with Crippen molar-refractivity contribution >= 4 is 17.5 Å². The summed E-state index contributed by atoms with van der Waals surface area (Å²) in [4.78, 5) is 35.3. The summed E-state index contributed by atoms with van der Waals surface area (Å²) in [6, 6.07) is 9.31. The molecule has 1 amide bonds. The van der Waals surface area contributed by atoms with Crippen LogP contribution in [0.25, 0.3) is 23.0 Å². The summed E-state index contributed by atoms with van der Waals surface area (Å²) in [5, 5.41) is 0.546. The van der Waals surface area contributed by atoms with E-state index in [-0.39, 0.29) is 13.0 Å². The highest BCUT2D eigenvalue weighted by molar-refractivity contribution is 6.01. The minimum Gasteiger partial charge on any atom is -0.339 e. The smallest absolute Gasteiger partial charge is 0.339 e. The van der Waals surface area contributed by atoms with Crippen LogP contribution in [0.2, 0.25) is 0 Å². The summed E-state index contributed by atoms with van der Waals surface area (Å²) in [7, 11) is 1.40. The fourth-order valence-corrected chi connectivity index (χ4v) is 3.64. The van der Waals surface area contributed by atoms with Gasteiger partial charge in [0.05, 0.1) is 23.3 Å². The number of halogens is 3. The number of carbonyl (C=O) groups is 1. The monoisotopic (exact) mass is 444 g/mol. The number of amides is 1. The maximum absolute atomic E-state index is 12.8. The van der Waals surface area contributed by atoms with Crippen molar-refractivity contribution in [1.29, 1.82) is 0 Å². The summed E-state index contributed by atoms with van der Waals surface area (Å²) < 4.78 is 42.1. The Balaban J connectivity index is 1.76. The number of fused-ring (bicyclic) bond motifs is 3. The topological polar surface area (TPSA) is 76.8 Å². The largest absolute Gasteiger partial charge is 0.522 e. The maximum Gasteiger partial charge on any atom is 0.522 e. The zero-order valence-corrected chi connectivity index (χ0v) is 17.3. The zero-order chi connectivity index (χ0) is 23.0. The van der Waals surface area contributed by atoms with Gasteiger partial charge in [-0.15, -0.1) is 13.2 Å². The number of hydrogen-bond acceptors (Lipinski definition) is 5. The van der Waals surface area contributed by atoms with E-state index in [1.165, 1.54) is 7.05 Å². The van der Waals surface area contributed by atoms with Gasteiger partial charge in [-0.1, -0.05) is 36.4 Å². The van der Waals surface area contributed by atoms with Crippen molar-refractivity contribution in [1.82, 2.24) is 19.3 Å². The van der Waals surface area contributed by atoms with Gasteiger partial charge >= 0.3 is 6.36 Å². The van der Waals surface area contributed by atoms with E-state index in [1.807, 2.05) is 30.3 Å². The summed E-state index contributed by atoms with van der Waals surface area (Å²) in [6.45, 7) is 0.819. The third kappa shape index (κ3) is 4.13. The van der Waals surface area contributed by atoms with Crippen LogP contribution in [-0.4, -0.2) is 51.7 Å². The number of likely N-dealkylation sites (N-methyl/N-ethyl adjacent to an activating group) is 1. The predicted octanol–water partition coefficient (Wildman–Crippen LogP) is 2.04. The number of alkyl halides is 3. The van der Waals surface area contributed by atoms with Crippen LogP contribution in [0.5, 0.6) is 0 Å². The maximum atomic E-state index is 12.8. The van der Waals surface area contributed by atoms with Crippen molar-refractivity contribution in [2.75, 3.05) is 20.2 Å². The molecule has 2 aromatic heterocycles. The van der Waals surface area contributed by atoms with Crippen LogP contribution in [0.4, 0.5) is 13.2 Å². The molecule has 0 saturated carbocycles. The number of allylic oxidation sites excluding steroid dienone is 1. The van der Waals surface area contributed by atoms with E-state index in [2.05, 4.69) is 14.7 Å². The SMILES string of the molecule is Cc1nc(-c2ccccc2)n2c3c(nc(=O)c12)CC=C(C(=O)N(C)CCOC(F)(F)F)C=3. The number of carbonyl (C=O) groups excluding carboxylic acids is 1. The summed E-state index contributed by atoms with van der Waals surface area (Å²) >= 11 is 0. The van der Waals surface area contributed by atoms with Gasteiger partial charge in [0, 0.05) is 31.1 Å². The van der Waals surface area contributed by atoms with Crippen molar-refractivity contribution in [2.45, 2.75) is 19.7 Å². The van der Waals surface area contributed by atoms with Crippen LogP contribution in [0.3, 0.4) is 0 Å². The van der Waals surface area contributed by atoms with Crippen LogP contribution < -0.4 is 10.9 Å². The molecule has 0 atom stereocenters. The van der Waals surface area contributed by atoms with Crippen LogP contribution >= 0.6 is 0 Å². The molecule has 0 spiro atoms. The molecule has 0 unspecified atom stereocenters. The Labute approximate surface area is 180 Å². The lowest BCUT2D eigenvalue weighted by atomic mass is 10.1. The van der Waals surface area contributed by atoms with E-state index in [0.717, 1.165) is 10.5 Å². The molecule has 1 aromatic carbocycles. The molecule has 1 aliphatic rings. The lowest BCUT2D eigenvalue weighted by molar-refractivity contribution is -0.324. The molecular weight excluding hydrogens is 425 g/mol. The fraction of sp³-hybridized carbons (Fsp3) is 0.273. The number of imidazole rings is 1. The first kappa shape index (κ1) is 21.7. The second-order valence-electron chi connectivity index (χ2n) is 7.35. The van der Waals surface area contributed by atoms with Gasteiger partial charge in [-0.25, -0.2) is 9.97 Å². The quantitative estimate of drug-likeness (QED) is 0.602. The first-order valence-corrected chi connectivity index (χ1v) is 9.81. The minimum atomic E-state index is -4.75. The molecule has 166 valence electrons. The first-order chi connectivity index (χ1) is 15.2. The fourth-order valence-electron chi connectivity index (χ4n) is 3.64. The predicted molar refractivity (Wildman–Crippen MR) is 111 cm³/mol. The highest BCUT2D eigenvalue weighted by atomic mass is 19.4. The van der Waals surface area contributed by atoms with Crippen LogP contribution in [0.1, 0.15) is 11.4 Å². The molecule has 0 bridgehead atoms. The molecule has 0 radical (unpaired) electrons. The lowest BCUT2D eigenvalue weighted by Crippen LogP contribution is -2.35. The Kier molecular flexibility index (Phi) is 5.55. The number of benzene rings is 1. The molecule has 1 aliphatic carbocycles. The molecule has 2 heterocycles. The molecule has 10 heteroatoms. The molecule has 0 aliphatic heterocycles. The Hall–Kier alpha value is -3.53. The number of rotatable bonds is 5. The Bertz CT molecular complexity index is 1330. The minimum absolute atomic E-state index is 0.233. The molecule has 3 aromatic rings. The molecule has 0 N–H and O–H groups in total. The third-order valence-corrected chi connectivity index (χ3v) is 5.15. The van der Waals surface area contributed by atoms with Gasteiger partial charge in [-0.05, 0) is 13.0 Å². The zero-order valence-electron chi connectivity index (χ0n) is 17.3. The van der Waals surface area contributed by atoms with Gasteiger partial charge in [-0.3, -0.25) is 18.7 Å². The Morgan fingerprint density at radius 3 is 2.62 bits per heavy atom. The molecular formula is C22H19F3N4O3. The standard InChI is InChI=1S/C22H19F3N4O3/c1-13-18-20(30)27-16-9-8-15(21(31)28(2)10-11-32-22(23,24)25)12-17(16)29(18)19(26-13)14-6-4-3-5-7-14/h3-8,12H,9-11H2,1-2H3. The molecule has 4 rings (SSSR count). The second-order valence-corrected chi connectivity index (χ2v) is 7.35. The Morgan fingerprint density at radius 2 is 1.94 bits per heavy atom. The average molecular weight is 444 g/mol. The van der Waals surface area contributed by atoms with Gasteiger partial charge in [0.2, 0.25) is 0 Å². The van der Waals surface area contributed by atoms with Crippen LogP contribution in [0.15, 0.2) is 46.8 Å². The molecule has 0 fully saturated rings. The van der Waals surface area contributed by atoms with Gasteiger partial charge in [0.1, 0.15) is 11.3 Å². The summed E-state index contributed by atoms with van der Waals surface area (Å²) in [5.41, 5.74) is 2.01.